The van der Waals surface area contributed by atoms with Gasteiger partial charge in [0.25, 0.3) is 0 Å². The van der Waals surface area contributed by atoms with Crippen LogP contribution in [-0.4, -0.2) is 22.5 Å². The summed E-state index contributed by atoms with van der Waals surface area (Å²) in [5, 5.41) is 0. The molecule has 0 amide bonds. The van der Waals surface area contributed by atoms with Gasteiger partial charge in [-0.15, -0.1) is 0 Å². The van der Waals surface area contributed by atoms with E-state index >= 15 is 0 Å². The second kappa shape index (κ2) is 11.4. The van der Waals surface area contributed by atoms with E-state index in [-0.39, 0.29) is 0 Å². The van der Waals surface area contributed by atoms with Gasteiger partial charge in [0, 0.05) is 0 Å². The van der Waals surface area contributed by atoms with Crippen LogP contribution in [0.2, 0.25) is 0 Å². The minimum absolute atomic E-state index is 0.671. The molecule has 0 aliphatic carbocycles. The zero-order valence-corrected chi connectivity index (χ0v) is 18.3. The molecule has 0 aromatic carbocycles. The standard InChI is InChI=1S/C16H29.Sn.3H/c1-5-8-11-14-16(13-10-7-3)15(4)12-9-6-2;;;;/h4-13H2,1-3H3;;;;. The number of rotatable bonds is 10. The van der Waals surface area contributed by atoms with Crippen LogP contribution in [0.1, 0.15) is 78.6 Å². The Kier molecular flexibility index (Phi) is 11.6. The maximum absolute atomic E-state index is 4.35. The van der Waals surface area contributed by atoms with Crippen LogP contribution in [0.3, 0.4) is 0 Å². The number of hydrogen-bond donors (Lipinski definition) is 0. The van der Waals surface area contributed by atoms with Gasteiger partial charge >= 0.3 is 122 Å². The molecule has 0 saturated heterocycles. The van der Waals surface area contributed by atoms with E-state index in [0.717, 1.165) is 0 Å². The van der Waals surface area contributed by atoms with Gasteiger partial charge in [-0.05, 0) is 0 Å². The second-order valence-electron chi connectivity index (χ2n) is 5.17. The van der Waals surface area contributed by atoms with Gasteiger partial charge in [-0.1, -0.05) is 0 Å². The van der Waals surface area contributed by atoms with Crippen molar-refractivity contribution in [2.75, 3.05) is 0 Å². The fourth-order valence-corrected chi connectivity index (χ4v) is 4.91. The predicted molar refractivity (Wildman–Crippen MR) is 84.7 cm³/mol. The fraction of sp³-hybridized carbons (Fsp3) is 0.750. The summed E-state index contributed by atoms with van der Waals surface area (Å²) in [4.78, 5) is 0. The molecule has 0 bridgehead atoms. The van der Waals surface area contributed by atoms with Crippen molar-refractivity contribution in [1.29, 1.82) is 0 Å². The average molecular weight is 343 g/mol. The summed E-state index contributed by atoms with van der Waals surface area (Å²) < 4.78 is 1.81. The molecule has 0 atom stereocenters. The Morgan fingerprint density at radius 3 is 1.82 bits per heavy atom. The van der Waals surface area contributed by atoms with Crippen LogP contribution in [0.5, 0.6) is 0 Å². The summed E-state index contributed by atoms with van der Waals surface area (Å²) in [6, 6.07) is 0. The first kappa shape index (κ1) is 17.3. The normalized spacial score (nSPS) is 12.6. The van der Waals surface area contributed by atoms with Gasteiger partial charge < -0.3 is 0 Å². The third-order valence-corrected chi connectivity index (χ3v) is 6.61. The Morgan fingerprint density at radius 1 is 0.824 bits per heavy atom. The van der Waals surface area contributed by atoms with E-state index < -0.39 is 0 Å². The van der Waals surface area contributed by atoms with E-state index in [1.54, 1.807) is 5.57 Å². The maximum atomic E-state index is 4.35. The molecule has 0 aliphatic heterocycles. The third kappa shape index (κ3) is 8.07. The van der Waals surface area contributed by atoms with Gasteiger partial charge in [0.05, 0.1) is 0 Å². The number of allylic oxidation sites excluding steroid dienone is 3. The molecule has 0 aliphatic rings. The minimum atomic E-state index is 0.671. The molecular formula is C16H32Sn. The van der Waals surface area contributed by atoms with Crippen molar-refractivity contribution in [1.82, 2.24) is 0 Å². The molecule has 0 aromatic rings. The first-order valence-corrected chi connectivity index (χ1v) is 10.4. The second-order valence-corrected chi connectivity index (χ2v) is 8.62. The Hall–Kier alpha value is 0.279. The monoisotopic (exact) mass is 344 g/mol. The third-order valence-electron chi connectivity index (χ3n) is 3.46. The Balaban J connectivity index is 4.53. The van der Waals surface area contributed by atoms with Crippen LogP contribution < -0.4 is 0 Å². The molecule has 0 radical (unpaired) electrons. The number of unbranched alkanes of at least 4 members (excludes halogenated alkanes) is 3. The summed E-state index contributed by atoms with van der Waals surface area (Å²) >= 11 is 0.671. The summed E-state index contributed by atoms with van der Waals surface area (Å²) in [7, 11) is 0. The molecule has 0 spiro atoms. The van der Waals surface area contributed by atoms with E-state index in [1.807, 2.05) is 3.59 Å². The predicted octanol–water partition coefficient (Wildman–Crippen LogP) is 4.73. The van der Waals surface area contributed by atoms with Crippen molar-refractivity contribution in [3.8, 4) is 0 Å². The van der Waals surface area contributed by atoms with Gasteiger partial charge in [-0.25, -0.2) is 0 Å². The van der Waals surface area contributed by atoms with Crippen molar-refractivity contribution in [3.63, 3.8) is 0 Å². The molecule has 0 nitrogen and oxygen atoms in total. The quantitative estimate of drug-likeness (QED) is 0.397. The SMILES string of the molecule is C=C(CCCC)/C(CCCC)=[C](/[SnH3])CCCC. The van der Waals surface area contributed by atoms with Crippen molar-refractivity contribution in [2.24, 2.45) is 0 Å². The Morgan fingerprint density at radius 2 is 1.29 bits per heavy atom. The van der Waals surface area contributed by atoms with Crippen molar-refractivity contribution >= 4 is 22.5 Å². The van der Waals surface area contributed by atoms with Gasteiger partial charge in [0.1, 0.15) is 0 Å². The Bertz CT molecular complexity index is 238. The van der Waals surface area contributed by atoms with Gasteiger partial charge in [0.2, 0.25) is 0 Å². The van der Waals surface area contributed by atoms with E-state index in [0.29, 0.717) is 22.5 Å². The summed E-state index contributed by atoms with van der Waals surface area (Å²) in [5.74, 6) is 0. The van der Waals surface area contributed by atoms with Gasteiger partial charge in [-0.2, -0.15) is 0 Å². The topological polar surface area (TPSA) is 0 Å². The molecule has 0 unspecified atom stereocenters. The summed E-state index contributed by atoms with van der Waals surface area (Å²) in [6.07, 6.45) is 11.8. The van der Waals surface area contributed by atoms with E-state index in [2.05, 4.69) is 27.4 Å². The fourth-order valence-electron chi connectivity index (χ4n) is 2.18. The molecule has 0 saturated carbocycles. The van der Waals surface area contributed by atoms with Crippen LogP contribution >= 0.6 is 0 Å². The molecule has 0 N–H and O–H groups in total. The van der Waals surface area contributed by atoms with E-state index in [1.165, 1.54) is 63.4 Å². The molecule has 17 heavy (non-hydrogen) atoms. The molecule has 100 valence electrons. The van der Waals surface area contributed by atoms with Crippen LogP contribution in [-0.2, 0) is 0 Å². The van der Waals surface area contributed by atoms with Crippen LogP contribution in [0, 0.1) is 0 Å². The molecule has 0 aromatic heterocycles. The van der Waals surface area contributed by atoms with E-state index in [9.17, 15) is 0 Å². The van der Waals surface area contributed by atoms with Crippen molar-refractivity contribution in [3.05, 3.63) is 21.3 Å². The molecule has 0 fully saturated rings. The van der Waals surface area contributed by atoms with Crippen molar-refractivity contribution in [2.45, 2.75) is 78.6 Å². The average Bonchev–Trinajstić information content (AvgIpc) is 2.34. The molecular weight excluding hydrogens is 311 g/mol. The van der Waals surface area contributed by atoms with E-state index in [4.69, 9.17) is 0 Å². The first-order chi connectivity index (χ1) is 8.17. The molecule has 0 rings (SSSR count). The Labute approximate surface area is 122 Å². The summed E-state index contributed by atoms with van der Waals surface area (Å²) in [6.45, 7) is 11.2. The summed E-state index contributed by atoms with van der Waals surface area (Å²) in [5.41, 5.74) is 3.15. The van der Waals surface area contributed by atoms with Gasteiger partial charge in [-0.3, -0.25) is 0 Å². The van der Waals surface area contributed by atoms with Crippen molar-refractivity contribution < 1.29 is 0 Å². The first-order valence-electron chi connectivity index (χ1n) is 7.54. The van der Waals surface area contributed by atoms with Crippen LogP contribution in [0.4, 0.5) is 0 Å². The molecule has 1 heteroatoms. The molecule has 0 heterocycles. The van der Waals surface area contributed by atoms with Crippen LogP contribution in [0.15, 0.2) is 21.3 Å². The van der Waals surface area contributed by atoms with Crippen LogP contribution in [0.25, 0.3) is 0 Å². The zero-order valence-electron chi connectivity index (χ0n) is 12.6. The zero-order chi connectivity index (χ0) is 13.1. The number of hydrogen-bond acceptors (Lipinski definition) is 0. The van der Waals surface area contributed by atoms with Gasteiger partial charge in [0.15, 0.2) is 0 Å².